The summed E-state index contributed by atoms with van der Waals surface area (Å²) >= 11 is 0.860. The molecule has 1 atom stereocenters. The lowest BCUT2D eigenvalue weighted by atomic mass is 9.95. The number of alkyl halides is 3. The number of hydrogen-bond donors (Lipinski definition) is 1. The van der Waals surface area contributed by atoms with Crippen molar-refractivity contribution < 1.29 is 27.1 Å². The summed E-state index contributed by atoms with van der Waals surface area (Å²) in [6.45, 7) is 4.26. The van der Waals surface area contributed by atoms with Gasteiger partial charge in [-0.1, -0.05) is 54.2 Å². The molecule has 43 heavy (non-hydrogen) atoms. The van der Waals surface area contributed by atoms with E-state index in [1.807, 2.05) is 32.0 Å². The molecule has 0 unspecified atom stereocenters. The zero-order valence-corrected chi connectivity index (χ0v) is 24.1. The van der Waals surface area contributed by atoms with Gasteiger partial charge in [-0.25, -0.2) is 9.97 Å². The summed E-state index contributed by atoms with van der Waals surface area (Å²) in [7, 11) is 0. The summed E-state index contributed by atoms with van der Waals surface area (Å²) in [5.41, 5.74) is 8.03. The Kier molecular flexibility index (Phi) is 8.47. The second-order valence-electron chi connectivity index (χ2n) is 10.3. The predicted molar refractivity (Wildman–Crippen MR) is 153 cm³/mol. The molecular weight excluding hydrogens is 579 g/mol. The number of nitrogen functional groups attached to an aromatic ring is 1. The molecule has 1 saturated heterocycles. The number of rotatable bonds is 8. The van der Waals surface area contributed by atoms with Crippen LogP contribution in [0, 0.1) is 22.7 Å². The van der Waals surface area contributed by atoms with Crippen LogP contribution in [0.25, 0.3) is 22.6 Å². The Hall–Kier alpha value is -4.36. The lowest BCUT2D eigenvalue weighted by molar-refractivity contribution is -0.153. The fourth-order valence-electron chi connectivity index (χ4n) is 4.77. The van der Waals surface area contributed by atoms with Crippen LogP contribution in [0.1, 0.15) is 48.4 Å². The molecule has 0 saturated carbocycles. The van der Waals surface area contributed by atoms with E-state index in [1.54, 1.807) is 42.5 Å². The molecule has 0 spiro atoms. The van der Waals surface area contributed by atoms with Crippen molar-refractivity contribution in [3.8, 4) is 34.7 Å². The van der Waals surface area contributed by atoms with Gasteiger partial charge in [0.15, 0.2) is 5.79 Å². The van der Waals surface area contributed by atoms with E-state index >= 15 is 0 Å². The van der Waals surface area contributed by atoms with Crippen molar-refractivity contribution >= 4 is 17.6 Å². The first-order valence-electron chi connectivity index (χ1n) is 13.3. The smallest absolute Gasteiger partial charge is 0.431 e. The second-order valence-corrected chi connectivity index (χ2v) is 11.2. The normalized spacial score (nSPS) is 16.1. The van der Waals surface area contributed by atoms with Crippen molar-refractivity contribution in [2.75, 3.05) is 12.3 Å². The van der Waals surface area contributed by atoms with Gasteiger partial charge in [-0.2, -0.15) is 23.7 Å². The van der Waals surface area contributed by atoms with Gasteiger partial charge in [0.05, 0.1) is 18.3 Å². The minimum absolute atomic E-state index is 0.0103. The third kappa shape index (κ3) is 6.67. The van der Waals surface area contributed by atoms with E-state index < -0.39 is 17.7 Å². The van der Waals surface area contributed by atoms with Crippen molar-refractivity contribution in [1.29, 1.82) is 10.5 Å². The zero-order chi connectivity index (χ0) is 30.8. The van der Waals surface area contributed by atoms with Crippen LogP contribution in [-0.4, -0.2) is 28.5 Å². The predicted octanol–water partition coefficient (Wildman–Crippen LogP) is 7.12. The molecular formula is C31H26F3N5O3S. The first-order valence-corrected chi connectivity index (χ1v) is 14.3. The van der Waals surface area contributed by atoms with Gasteiger partial charge >= 0.3 is 6.18 Å². The van der Waals surface area contributed by atoms with E-state index in [1.165, 1.54) is 0 Å². The van der Waals surface area contributed by atoms with Crippen LogP contribution in [0.3, 0.4) is 0 Å². The fraction of sp³-hybridized carbons (Fsp3) is 0.290. The summed E-state index contributed by atoms with van der Waals surface area (Å²) < 4.78 is 58.1. The number of aromatic nitrogens is 2. The molecule has 0 bridgehead atoms. The molecule has 1 aliphatic rings. The summed E-state index contributed by atoms with van der Waals surface area (Å²) in [5.74, 6) is -2.44. The summed E-state index contributed by atoms with van der Waals surface area (Å²) in [6.07, 6.45) is -3.32. The molecule has 12 heteroatoms. The van der Waals surface area contributed by atoms with Gasteiger partial charge in [-0.3, -0.25) is 0 Å². The number of benzene rings is 2. The lowest BCUT2D eigenvalue weighted by Crippen LogP contribution is -2.21. The van der Waals surface area contributed by atoms with Crippen LogP contribution in [0.5, 0.6) is 0 Å². The first kappa shape index (κ1) is 30.1. The number of thioether (sulfide) groups is 1. The summed E-state index contributed by atoms with van der Waals surface area (Å²) in [4.78, 5) is 8.31. The minimum atomic E-state index is -4.79. The maximum absolute atomic E-state index is 13.8. The third-order valence-corrected chi connectivity index (χ3v) is 7.79. The highest BCUT2D eigenvalue weighted by Crippen LogP contribution is 2.40. The van der Waals surface area contributed by atoms with Gasteiger partial charge < -0.3 is 19.6 Å². The second kappa shape index (κ2) is 12.1. The van der Waals surface area contributed by atoms with E-state index in [4.69, 9.17) is 19.6 Å². The van der Waals surface area contributed by atoms with Crippen molar-refractivity contribution in [3.63, 3.8) is 0 Å². The molecule has 0 radical (unpaired) electrons. The number of nitrogens with zero attached hydrogens (tertiary/aromatic N) is 4. The standard InChI is InChI=1S/C31H26F3N5O3S/c1-30(2)40-16-21(42-30)13-10-18-8-11-19(12-9-18)25-22(14-35)27(37)39-29(23(25)15-36)43-17-24-26(31(32,33)34)41-28(38-24)20-6-4-3-5-7-20/h3-9,11-12,21H,10,13,16-17H2,1-2H3,(H2,37,39)/t21-/m1/s1. The van der Waals surface area contributed by atoms with Crippen LogP contribution in [-0.2, 0) is 27.8 Å². The van der Waals surface area contributed by atoms with E-state index in [2.05, 4.69) is 16.0 Å². The molecule has 2 aromatic heterocycles. The van der Waals surface area contributed by atoms with Gasteiger partial charge in [-0.05, 0) is 49.9 Å². The SMILES string of the molecule is CC1(C)OC[C@@H](CCc2ccc(-c3c(C#N)c(N)nc(SCc4nc(-c5ccccc5)oc4C(F)(F)F)c3C#N)cc2)O1. The molecule has 2 aromatic carbocycles. The molecule has 220 valence electrons. The van der Waals surface area contributed by atoms with Gasteiger partial charge in [0.25, 0.3) is 0 Å². The number of pyridine rings is 1. The molecule has 1 aliphatic heterocycles. The molecule has 1 fully saturated rings. The molecule has 5 rings (SSSR count). The number of nitriles is 2. The number of nitrogens with two attached hydrogens (primary N) is 1. The molecule has 0 aliphatic carbocycles. The van der Waals surface area contributed by atoms with Crippen LogP contribution in [0.4, 0.5) is 19.0 Å². The van der Waals surface area contributed by atoms with Crippen molar-refractivity contribution in [1.82, 2.24) is 9.97 Å². The Balaban J connectivity index is 1.42. The maximum atomic E-state index is 13.8. The molecule has 4 aromatic rings. The third-order valence-electron chi connectivity index (χ3n) is 6.80. The molecule has 3 heterocycles. The van der Waals surface area contributed by atoms with Crippen LogP contribution in [0.15, 0.2) is 64.0 Å². The topological polar surface area (TPSA) is 131 Å². The van der Waals surface area contributed by atoms with Crippen LogP contribution < -0.4 is 5.73 Å². The molecule has 2 N–H and O–H groups in total. The zero-order valence-electron chi connectivity index (χ0n) is 23.2. The average molecular weight is 606 g/mol. The van der Waals surface area contributed by atoms with Gasteiger partial charge in [0, 0.05) is 16.9 Å². The van der Waals surface area contributed by atoms with E-state index in [0.717, 1.165) is 30.2 Å². The van der Waals surface area contributed by atoms with Crippen molar-refractivity contribution in [2.45, 2.75) is 55.5 Å². The van der Waals surface area contributed by atoms with Crippen molar-refractivity contribution in [2.24, 2.45) is 0 Å². The lowest BCUT2D eigenvalue weighted by Gasteiger charge is -2.17. The quantitative estimate of drug-likeness (QED) is 0.208. The number of anilines is 1. The highest BCUT2D eigenvalue weighted by molar-refractivity contribution is 7.98. The van der Waals surface area contributed by atoms with Gasteiger partial charge in [0.2, 0.25) is 11.7 Å². The largest absolute Gasteiger partial charge is 0.451 e. The number of oxazole rings is 1. The average Bonchev–Trinajstić information content (AvgIpc) is 3.58. The number of ether oxygens (including phenoxy) is 2. The molecule has 0 amide bonds. The van der Waals surface area contributed by atoms with E-state index in [9.17, 15) is 23.7 Å². The Morgan fingerprint density at radius 2 is 1.70 bits per heavy atom. The Bertz CT molecular complexity index is 1710. The van der Waals surface area contributed by atoms with Crippen molar-refractivity contribution in [3.05, 3.63) is 82.7 Å². The number of hydrogen-bond acceptors (Lipinski definition) is 9. The van der Waals surface area contributed by atoms with Gasteiger partial charge in [-0.15, -0.1) is 0 Å². The highest BCUT2D eigenvalue weighted by atomic mass is 32.2. The van der Waals surface area contributed by atoms with Crippen LogP contribution >= 0.6 is 11.8 Å². The summed E-state index contributed by atoms with van der Waals surface area (Å²) in [5, 5.41) is 20.1. The van der Waals surface area contributed by atoms with E-state index in [0.29, 0.717) is 17.7 Å². The fourth-order valence-corrected chi connectivity index (χ4v) is 5.70. The Morgan fingerprint density at radius 1 is 1.00 bits per heavy atom. The monoisotopic (exact) mass is 605 g/mol. The number of halogens is 3. The highest BCUT2D eigenvalue weighted by Gasteiger charge is 2.40. The molecule has 8 nitrogen and oxygen atoms in total. The van der Waals surface area contributed by atoms with Gasteiger partial charge in [0.1, 0.15) is 34.2 Å². The van der Waals surface area contributed by atoms with E-state index in [-0.39, 0.29) is 51.0 Å². The summed E-state index contributed by atoms with van der Waals surface area (Å²) in [6, 6.07) is 19.7. The Labute approximate surface area is 250 Å². The first-order chi connectivity index (χ1) is 20.5. The number of aryl methyl sites for hydroxylation is 1. The minimum Gasteiger partial charge on any atom is -0.431 e. The van der Waals surface area contributed by atoms with Crippen LogP contribution in [0.2, 0.25) is 0 Å². The Morgan fingerprint density at radius 3 is 2.30 bits per heavy atom. The maximum Gasteiger partial charge on any atom is 0.451 e.